The highest BCUT2D eigenvalue weighted by atomic mass is 32.1. The van der Waals surface area contributed by atoms with Gasteiger partial charge in [0.25, 0.3) is 0 Å². The molecule has 0 atom stereocenters. The van der Waals surface area contributed by atoms with Crippen LogP contribution in [0.3, 0.4) is 0 Å². The van der Waals surface area contributed by atoms with Crippen LogP contribution in [0.2, 0.25) is 0 Å². The average Bonchev–Trinajstić information content (AvgIpc) is 2.88. The normalized spacial score (nSPS) is 10.8. The first-order valence-electron chi connectivity index (χ1n) is 6.22. The molecular formula is C14H14N4S. The molecule has 0 radical (unpaired) electrons. The van der Waals surface area contributed by atoms with Crippen LogP contribution in [0.4, 0.5) is 5.13 Å². The van der Waals surface area contributed by atoms with Gasteiger partial charge >= 0.3 is 0 Å². The third-order valence-electron chi connectivity index (χ3n) is 2.91. The molecule has 0 fully saturated rings. The van der Waals surface area contributed by atoms with E-state index in [0.717, 1.165) is 22.9 Å². The molecule has 0 amide bonds. The van der Waals surface area contributed by atoms with Crippen LogP contribution in [0.15, 0.2) is 30.3 Å². The number of aromatic nitrogens is 3. The summed E-state index contributed by atoms with van der Waals surface area (Å²) in [6, 6.07) is 10.2. The molecule has 1 N–H and O–H groups in total. The van der Waals surface area contributed by atoms with Gasteiger partial charge in [0.05, 0.1) is 5.52 Å². The molecule has 5 heteroatoms. The molecule has 96 valence electrons. The summed E-state index contributed by atoms with van der Waals surface area (Å²) in [5.41, 5.74) is 3.01. The number of nitrogens with zero attached hydrogens (tertiary/aromatic N) is 3. The third-order valence-corrected chi connectivity index (χ3v) is 3.58. The van der Waals surface area contributed by atoms with Crippen LogP contribution in [0.25, 0.3) is 22.4 Å². The van der Waals surface area contributed by atoms with Crippen LogP contribution in [0, 0.1) is 6.92 Å². The van der Waals surface area contributed by atoms with Crippen molar-refractivity contribution < 1.29 is 0 Å². The Morgan fingerprint density at radius 1 is 1.21 bits per heavy atom. The molecule has 0 aliphatic carbocycles. The van der Waals surface area contributed by atoms with Gasteiger partial charge < -0.3 is 5.32 Å². The van der Waals surface area contributed by atoms with Crippen molar-refractivity contribution in [3.05, 3.63) is 35.9 Å². The van der Waals surface area contributed by atoms with E-state index < -0.39 is 0 Å². The third kappa shape index (κ3) is 2.29. The Morgan fingerprint density at radius 2 is 2.05 bits per heavy atom. The first-order valence-corrected chi connectivity index (χ1v) is 6.99. The second kappa shape index (κ2) is 4.93. The molecule has 0 aliphatic rings. The van der Waals surface area contributed by atoms with Crippen LogP contribution >= 0.6 is 11.5 Å². The summed E-state index contributed by atoms with van der Waals surface area (Å²) in [6.07, 6.45) is 0. The maximum absolute atomic E-state index is 4.63. The summed E-state index contributed by atoms with van der Waals surface area (Å²) in [7, 11) is 0. The lowest BCUT2D eigenvalue weighted by Gasteiger charge is -2.03. The Labute approximate surface area is 115 Å². The van der Waals surface area contributed by atoms with Gasteiger partial charge in [-0.2, -0.15) is 9.36 Å². The zero-order chi connectivity index (χ0) is 13.2. The molecule has 4 nitrogen and oxygen atoms in total. The second-order valence-electron chi connectivity index (χ2n) is 4.30. The minimum Gasteiger partial charge on any atom is -0.361 e. The van der Waals surface area contributed by atoms with E-state index in [-0.39, 0.29) is 0 Å². The lowest BCUT2D eigenvalue weighted by Crippen LogP contribution is -1.95. The van der Waals surface area contributed by atoms with Crippen LogP contribution < -0.4 is 5.32 Å². The van der Waals surface area contributed by atoms with Gasteiger partial charge in [-0.1, -0.05) is 18.2 Å². The second-order valence-corrected chi connectivity index (χ2v) is 5.05. The Balaban J connectivity index is 2.09. The quantitative estimate of drug-likeness (QED) is 0.791. The number of rotatable bonds is 3. The molecule has 3 aromatic rings. The molecular weight excluding hydrogens is 256 g/mol. The molecule has 1 aromatic carbocycles. The van der Waals surface area contributed by atoms with Crippen molar-refractivity contribution in [1.82, 2.24) is 14.3 Å². The SMILES string of the molecule is CCNc1nc(-c2cc(C)c3ccccc3n2)ns1. The van der Waals surface area contributed by atoms with E-state index >= 15 is 0 Å². The zero-order valence-corrected chi connectivity index (χ0v) is 11.7. The molecule has 0 spiro atoms. The Bertz CT molecular complexity index is 720. The molecule has 0 saturated carbocycles. The molecule has 19 heavy (non-hydrogen) atoms. The predicted molar refractivity (Wildman–Crippen MR) is 79.5 cm³/mol. The molecule has 0 unspecified atom stereocenters. The van der Waals surface area contributed by atoms with Crippen molar-refractivity contribution >= 4 is 27.6 Å². The molecule has 2 heterocycles. The first-order chi connectivity index (χ1) is 9.28. The average molecular weight is 270 g/mol. The summed E-state index contributed by atoms with van der Waals surface area (Å²) in [6.45, 7) is 4.98. The maximum atomic E-state index is 4.63. The van der Waals surface area contributed by atoms with Gasteiger partial charge in [0.2, 0.25) is 5.13 Å². The Morgan fingerprint density at radius 3 is 2.89 bits per heavy atom. The van der Waals surface area contributed by atoms with E-state index in [1.54, 1.807) is 0 Å². The summed E-state index contributed by atoms with van der Waals surface area (Å²) < 4.78 is 4.36. The van der Waals surface area contributed by atoms with Gasteiger partial charge in [0, 0.05) is 23.5 Å². The fourth-order valence-corrected chi connectivity index (χ4v) is 2.66. The van der Waals surface area contributed by atoms with Crippen molar-refractivity contribution in [1.29, 1.82) is 0 Å². The summed E-state index contributed by atoms with van der Waals surface area (Å²) in [5, 5.41) is 5.18. The van der Waals surface area contributed by atoms with Gasteiger partial charge in [0.1, 0.15) is 5.69 Å². The highest BCUT2D eigenvalue weighted by molar-refractivity contribution is 7.09. The highest BCUT2D eigenvalue weighted by Crippen LogP contribution is 2.24. The van der Waals surface area contributed by atoms with Gasteiger partial charge in [-0.05, 0) is 31.5 Å². The number of para-hydroxylation sites is 1. The molecule has 0 saturated heterocycles. The molecule has 0 aliphatic heterocycles. The number of aryl methyl sites for hydroxylation is 1. The van der Waals surface area contributed by atoms with Gasteiger partial charge in [0.15, 0.2) is 5.82 Å². The number of nitrogens with one attached hydrogen (secondary N) is 1. The van der Waals surface area contributed by atoms with Gasteiger partial charge in [-0.25, -0.2) is 4.98 Å². The van der Waals surface area contributed by atoms with Crippen molar-refractivity contribution in [2.24, 2.45) is 0 Å². The summed E-state index contributed by atoms with van der Waals surface area (Å²) >= 11 is 1.37. The first kappa shape index (κ1) is 12.0. The minimum atomic E-state index is 0.690. The largest absolute Gasteiger partial charge is 0.361 e. The zero-order valence-electron chi connectivity index (χ0n) is 10.8. The van der Waals surface area contributed by atoms with Crippen LogP contribution in [-0.4, -0.2) is 20.9 Å². The number of pyridine rings is 1. The molecule has 2 aromatic heterocycles. The van der Waals surface area contributed by atoms with Crippen molar-refractivity contribution in [3.8, 4) is 11.5 Å². The van der Waals surface area contributed by atoms with E-state index in [9.17, 15) is 0 Å². The van der Waals surface area contributed by atoms with Gasteiger partial charge in [-0.15, -0.1) is 0 Å². The Hall–Kier alpha value is -2.01. The van der Waals surface area contributed by atoms with E-state index in [4.69, 9.17) is 0 Å². The van der Waals surface area contributed by atoms with E-state index in [1.165, 1.54) is 22.5 Å². The molecule has 3 rings (SSSR count). The maximum Gasteiger partial charge on any atom is 0.202 e. The van der Waals surface area contributed by atoms with Crippen molar-refractivity contribution in [3.63, 3.8) is 0 Å². The van der Waals surface area contributed by atoms with Crippen LogP contribution in [-0.2, 0) is 0 Å². The minimum absolute atomic E-state index is 0.690. The van der Waals surface area contributed by atoms with Crippen LogP contribution in [0.1, 0.15) is 12.5 Å². The number of hydrogen-bond acceptors (Lipinski definition) is 5. The molecule has 0 bridgehead atoms. The van der Waals surface area contributed by atoms with Crippen molar-refractivity contribution in [2.75, 3.05) is 11.9 Å². The van der Waals surface area contributed by atoms with E-state index in [0.29, 0.717) is 5.82 Å². The van der Waals surface area contributed by atoms with E-state index in [1.807, 2.05) is 31.2 Å². The topological polar surface area (TPSA) is 50.7 Å². The smallest absolute Gasteiger partial charge is 0.202 e. The fraction of sp³-hybridized carbons (Fsp3) is 0.214. The van der Waals surface area contributed by atoms with Gasteiger partial charge in [-0.3, -0.25) is 0 Å². The van der Waals surface area contributed by atoms with E-state index in [2.05, 4.69) is 32.6 Å². The number of hydrogen-bond donors (Lipinski definition) is 1. The lowest BCUT2D eigenvalue weighted by molar-refractivity contribution is 1.18. The van der Waals surface area contributed by atoms with Crippen molar-refractivity contribution in [2.45, 2.75) is 13.8 Å². The number of benzene rings is 1. The number of anilines is 1. The lowest BCUT2D eigenvalue weighted by atomic mass is 10.1. The van der Waals surface area contributed by atoms with Crippen LogP contribution in [0.5, 0.6) is 0 Å². The standard InChI is InChI=1S/C14H14N4S/c1-3-15-14-17-13(18-19-14)12-8-9(2)10-6-4-5-7-11(10)16-12/h4-8H,3H2,1-2H3,(H,15,17,18). The predicted octanol–water partition coefficient (Wildman–Crippen LogP) is 3.49. The summed E-state index contributed by atoms with van der Waals surface area (Å²) in [4.78, 5) is 9.09. The highest BCUT2D eigenvalue weighted by Gasteiger charge is 2.09. The fourth-order valence-electron chi connectivity index (χ4n) is 2.01. The monoisotopic (exact) mass is 270 g/mol. The summed E-state index contributed by atoms with van der Waals surface area (Å²) in [5.74, 6) is 0.690. The number of fused-ring (bicyclic) bond motifs is 1. The Kier molecular flexibility index (Phi) is 3.13.